The fraction of sp³-hybridized carbons (Fsp3) is 0.350. The number of anilines is 4. The van der Waals surface area contributed by atoms with Crippen LogP contribution in [-0.2, 0) is 9.59 Å². The van der Waals surface area contributed by atoms with E-state index in [0.29, 0.717) is 12.1 Å². The average molecular weight is 503 g/mol. The SMILES string of the molecule is CCCC(NC(=O)c1ccc(NCC2(C(=O)[O-])CNc3nc(N)[nH]c(=O)c3N2)cc1)C(=O)[O-].[Na+].[Na+]. The molecule has 176 valence electrons. The molecule has 0 fully saturated rings. The Balaban J connectivity index is 0.00000306. The van der Waals surface area contributed by atoms with Gasteiger partial charge in [0.1, 0.15) is 11.2 Å². The Kier molecular flexibility index (Phi) is 11.5. The fourth-order valence-corrected chi connectivity index (χ4v) is 3.33. The molecule has 2 aromatic rings. The quantitative estimate of drug-likeness (QED) is 0.177. The summed E-state index contributed by atoms with van der Waals surface area (Å²) in [5, 5.41) is 33.8. The van der Waals surface area contributed by atoms with Gasteiger partial charge in [0.2, 0.25) is 5.95 Å². The second-order valence-corrected chi connectivity index (χ2v) is 7.59. The van der Waals surface area contributed by atoms with Crippen LogP contribution < -0.4 is 102 Å². The van der Waals surface area contributed by atoms with Gasteiger partial charge in [-0.25, -0.2) is 0 Å². The predicted molar refractivity (Wildman–Crippen MR) is 115 cm³/mol. The van der Waals surface area contributed by atoms with E-state index in [1.165, 1.54) is 24.3 Å². The van der Waals surface area contributed by atoms with E-state index >= 15 is 0 Å². The van der Waals surface area contributed by atoms with Crippen LogP contribution in [0, 0.1) is 0 Å². The standard InChI is InChI=1S/C20H25N7O6.2Na/c1-2-3-12(17(30)31)24-15(28)10-4-6-11(7-5-10)22-8-20(18(32)33)9-23-14-13(27-20)16(29)26-19(21)25-14;;/h4-7,12,22,27H,2-3,8-9H2,1H3,(H,24,28)(H,30,31)(H,32,33)(H4,21,23,25,26,29);;/q;2*+1/p-2. The van der Waals surface area contributed by atoms with Gasteiger partial charge >= 0.3 is 59.1 Å². The van der Waals surface area contributed by atoms with Gasteiger partial charge < -0.3 is 46.8 Å². The Bertz CT molecular complexity index is 1130. The minimum Gasteiger partial charge on any atom is -0.548 e. The Morgan fingerprint density at radius 1 is 1.20 bits per heavy atom. The number of nitrogens with two attached hydrogens (primary N) is 1. The van der Waals surface area contributed by atoms with Crippen molar-refractivity contribution in [1.29, 1.82) is 0 Å². The Morgan fingerprint density at radius 3 is 2.43 bits per heavy atom. The minimum atomic E-state index is -1.68. The number of aromatic nitrogens is 2. The summed E-state index contributed by atoms with van der Waals surface area (Å²) in [7, 11) is 0. The maximum Gasteiger partial charge on any atom is 1.00 e. The van der Waals surface area contributed by atoms with Crippen molar-refractivity contribution >= 4 is 41.0 Å². The number of hydrogen-bond acceptors (Lipinski definition) is 11. The van der Waals surface area contributed by atoms with Crippen LogP contribution in [0.4, 0.5) is 23.1 Å². The summed E-state index contributed by atoms with van der Waals surface area (Å²) in [4.78, 5) is 53.7. The zero-order valence-corrected chi connectivity index (χ0v) is 23.7. The van der Waals surface area contributed by atoms with Crippen LogP contribution >= 0.6 is 0 Å². The van der Waals surface area contributed by atoms with Crippen LogP contribution in [0.15, 0.2) is 29.1 Å². The van der Waals surface area contributed by atoms with Gasteiger partial charge in [-0.3, -0.25) is 14.6 Å². The molecule has 7 N–H and O–H groups in total. The third kappa shape index (κ3) is 7.35. The van der Waals surface area contributed by atoms with Crippen LogP contribution in [0.25, 0.3) is 0 Å². The maximum atomic E-state index is 12.3. The molecule has 0 radical (unpaired) electrons. The van der Waals surface area contributed by atoms with Gasteiger partial charge in [0.05, 0.1) is 18.0 Å². The van der Waals surface area contributed by atoms with Crippen LogP contribution in [0.2, 0.25) is 0 Å². The maximum absolute atomic E-state index is 12.3. The molecule has 13 nitrogen and oxygen atoms in total. The fourth-order valence-electron chi connectivity index (χ4n) is 3.33. The first kappa shape index (κ1) is 30.7. The zero-order chi connectivity index (χ0) is 24.2. The Labute approximate surface area is 244 Å². The molecule has 0 saturated carbocycles. The number of fused-ring (bicyclic) bond motifs is 1. The van der Waals surface area contributed by atoms with Crippen LogP contribution in [0.5, 0.6) is 0 Å². The molecular formula is C20H23N7Na2O6. The van der Waals surface area contributed by atoms with E-state index in [-0.39, 0.29) is 102 Å². The summed E-state index contributed by atoms with van der Waals surface area (Å²) >= 11 is 0. The van der Waals surface area contributed by atoms with Crippen LogP contribution in [0.3, 0.4) is 0 Å². The summed E-state index contributed by atoms with van der Waals surface area (Å²) in [5.41, 5.74) is 3.80. The number of H-pyrrole nitrogens is 1. The van der Waals surface area contributed by atoms with Gasteiger partial charge in [0.25, 0.3) is 11.5 Å². The van der Waals surface area contributed by atoms with E-state index in [1.54, 1.807) is 6.92 Å². The van der Waals surface area contributed by atoms with Gasteiger partial charge in [-0.05, 0) is 30.7 Å². The average Bonchev–Trinajstić information content (AvgIpc) is 2.77. The number of rotatable bonds is 9. The molecule has 1 aromatic heterocycles. The van der Waals surface area contributed by atoms with Crippen molar-refractivity contribution in [2.75, 3.05) is 34.8 Å². The van der Waals surface area contributed by atoms with E-state index in [1.807, 2.05) is 0 Å². The molecule has 0 bridgehead atoms. The molecule has 0 aliphatic carbocycles. The van der Waals surface area contributed by atoms with E-state index in [0.717, 1.165) is 0 Å². The summed E-state index contributed by atoms with van der Waals surface area (Å²) < 4.78 is 0. The molecule has 15 heteroatoms. The van der Waals surface area contributed by atoms with E-state index in [4.69, 9.17) is 5.73 Å². The molecule has 35 heavy (non-hydrogen) atoms. The predicted octanol–water partition coefficient (Wildman–Crippen LogP) is -8.55. The number of benzene rings is 1. The third-order valence-corrected chi connectivity index (χ3v) is 5.16. The number of nitrogen functional groups attached to an aromatic ring is 1. The molecule has 2 heterocycles. The molecule has 2 atom stereocenters. The van der Waals surface area contributed by atoms with Crippen molar-refractivity contribution in [2.45, 2.75) is 31.3 Å². The third-order valence-electron chi connectivity index (χ3n) is 5.16. The van der Waals surface area contributed by atoms with Crippen LogP contribution in [0.1, 0.15) is 30.1 Å². The summed E-state index contributed by atoms with van der Waals surface area (Å²) in [6.45, 7) is 1.47. The van der Waals surface area contributed by atoms with Crippen molar-refractivity contribution in [3.63, 3.8) is 0 Å². The molecule has 2 unspecified atom stereocenters. The molecule has 1 aliphatic heterocycles. The van der Waals surface area contributed by atoms with E-state index in [2.05, 4.69) is 31.2 Å². The van der Waals surface area contributed by atoms with E-state index < -0.39 is 35.0 Å². The number of carbonyl (C=O) groups is 3. The number of carboxylic acid groups (broad SMARTS) is 2. The summed E-state index contributed by atoms with van der Waals surface area (Å²) in [5.74, 6) is -3.37. The smallest absolute Gasteiger partial charge is 0.548 e. The van der Waals surface area contributed by atoms with Gasteiger partial charge in [-0.1, -0.05) is 13.3 Å². The Hall–Kier alpha value is -2.29. The van der Waals surface area contributed by atoms with Crippen LogP contribution in [-0.4, -0.2) is 52.5 Å². The number of nitrogens with one attached hydrogen (secondary N) is 5. The molecule has 1 aliphatic rings. The number of nitrogens with zero attached hydrogens (tertiary/aromatic N) is 1. The van der Waals surface area contributed by atoms with Gasteiger partial charge in [-0.15, -0.1) is 0 Å². The van der Waals surface area contributed by atoms with Gasteiger partial charge in [0, 0.05) is 24.3 Å². The zero-order valence-electron chi connectivity index (χ0n) is 19.7. The van der Waals surface area contributed by atoms with Crippen molar-refractivity contribution < 1.29 is 83.7 Å². The molecular weight excluding hydrogens is 480 g/mol. The van der Waals surface area contributed by atoms with Gasteiger partial charge in [0.15, 0.2) is 5.82 Å². The summed E-state index contributed by atoms with van der Waals surface area (Å²) in [6, 6.07) is 4.89. The first-order valence-corrected chi connectivity index (χ1v) is 10.1. The van der Waals surface area contributed by atoms with Gasteiger partial charge in [-0.2, -0.15) is 4.98 Å². The molecule has 1 amide bonds. The van der Waals surface area contributed by atoms with Crippen molar-refractivity contribution in [3.05, 3.63) is 40.2 Å². The topological polar surface area (TPSA) is 217 Å². The second kappa shape index (κ2) is 13.1. The number of hydrogen-bond donors (Lipinski definition) is 6. The second-order valence-electron chi connectivity index (χ2n) is 7.59. The normalized spacial score (nSPS) is 16.6. The first-order valence-electron chi connectivity index (χ1n) is 10.1. The van der Waals surface area contributed by atoms with Crippen molar-refractivity contribution in [3.8, 4) is 0 Å². The monoisotopic (exact) mass is 503 g/mol. The number of carboxylic acids is 2. The largest absolute Gasteiger partial charge is 1.00 e. The minimum absolute atomic E-state index is 0. The Morgan fingerprint density at radius 2 is 1.86 bits per heavy atom. The number of aliphatic carboxylic acids is 2. The molecule has 0 spiro atoms. The first-order chi connectivity index (χ1) is 15.6. The number of aromatic amines is 1. The molecule has 0 saturated heterocycles. The molecule has 3 rings (SSSR count). The van der Waals surface area contributed by atoms with Crippen molar-refractivity contribution in [2.24, 2.45) is 0 Å². The summed E-state index contributed by atoms with van der Waals surface area (Å²) in [6.07, 6.45) is 0.804. The molecule has 1 aromatic carbocycles. The number of carbonyl (C=O) groups excluding carboxylic acids is 3. The van der Waals surface area contributed by atoms with Crippen molar-refractivity contribution in [1.82, 2.24) is 15.3 Å². The number of amides is 1. The van der Waals surface area contributed by atoms with E-state index in [9.17, 15) is 29.4 Å².